The molecule has 2 aromatic heterocycles. The van der Waals surface area contributed by atoms with Crippen LogP contribution in [0.5, 0.6) is 0 Å². The van der Waals surface area contributed by atoms with Gasteiger partial charge >= 0.3 is 6.03 Å². The third-order valence-corrected chi connectivity index (χ3v) is 5.88. The molecule has 27 heavy (non-hydrogen) atoms. The first kappa shape index (κ1) is 18.0. The van der Waals surface area contributed by atoms with Crippen molar-refractivity contribution in [3.8, 4) is 0 Å². The second kappa shape index (κ2) is 7.34. The van der Waals surface area contributed by atoms with E-state index in [1.807, 2.05) is 17.7 Å². The standard InChI is InChI=1S/C19H27N5O3/c1-13-15(12-20-24(13)14-5-9-26-10-6-14)21-18(25)22-17-11-16(27-23-17)19(2)7-3-4-8-19/h11-12,14H,3-10H2,1-2H3,(H2,21,22,23,25). The Bertz CT molecular complexity index is 800. The number of rotatable bonds is 4. The third-order valence-electron chi connectivity index (χ3n) is 5.88. The molecule has 3 heterocycles. The van der Waals surface area contributed by atoms with Crippen LogP contribution in [-0.4, -0.2) is 34.2 Å². The van der Waals surface area contributed by atoms with Gasteiger partial charge in [0.05, 0.1) is 23.6 Å². The summed E-state index contributed by atoms with van der Waals surface area (Å²) in [5.74, 6) is 1.28. The maximum Gasteiger partial charge on any atom is 0.325 e. The molecule has 1 aliphatic carbocycles. The van der Waals surface area contributed by atoms with Gasteiger partial charge in [-0.1, -0.05) is 24.9 Å². The van der Waals surface area contributed by atoms with Crippen molar-refractivity contribution in [3.05, 3.63) is 23.7 Å². The summed E-state index contributed by atoms with van der Waals surface area (Å²) < 4.78 is 12.9. The van der Waals surface area contributed by atoms with Crippen molar-refractivity contribution in [1.82, 2.24) is 14.9 Å². The van der Waals surface area contributed by atoms with E-state index in [0.717, 1.165) is 50.4 Å². The summed E-state index contributed by atoms with van der Waals surface area (Å²) in [6.45, 7) is 5.66. The molecule has 4 rings (SSSR count). The van der Waals surface area contributed by atoms with E-state index in [4.69, 9.17) is 9.26 Å². The minimum atomic E-state index is -0.346. The number of carbonyl (C=O) groups is 1. The first-order valence-corrected chi connectivity index (χ1v) is 9.72. The second-order valence-corrected chi connectivity index (χ2v) is 7.86. The van der Waals surface area contributed by atoms with Gasteiger partial charge in [-0.2, -0.15) is 5.10 Å². The van der Waals surface area contributed by atoms with Gasteiger partial charge in [-0.25, -0.2) is 4.79 Å². The van der Waals surface area contributed by atoms with Gasteiger partial charge in [0, 0.05) is 24.7 Å². The molecule has 0 aromatic carbocycles. The number of ether oxygens (including phenoxy) is 1. The van der Waals surface area contributed by atoms with Crippen molar-refractivity contribution in [2.24, 2.45) is 0 Å². The molecule has 0 atom stereocenters. The van der Waals surface area contributed by atoms with Gasteiger partial charge in [-0.15, -0.1) is 0 Å². The van der Waals surface area contributed by atoms with Crippen LogP contribution >= 0.6 is 0 Å². The average Bonchev–Trinajstić information content (AvgIpc) is 3.38. The van der Waals surface area contributed by atoms with Gasteiger partial charge in [-0.05, 0) is 32.6 Å². The number of anilines is 2. The Morgan fingerprint density at radius 3 is 2.74 bits per heavy atom. The van der Waals surface area contributed by atoms with Crippen LogP contribution in [-0.2, 0) is 10.2 Å². The second-order valence-electron chi connectivity index (χ2n) is 7.86. The predicted octanol–water partition coefficient (Wildman–Crippen LogP) is 4.01. The molecule has 2 aromatic rings. The third kappa shape index (κ3) is 3.71. The monoisotopic (exact) mass is 373 g/mol. The zero-order valence-electron chi connectivity index (χ0n) is 16.0. The Morgan fingerprint density at radius 1 is 1.26 bits per heavy atom. The summed E-state index contributed by atoms with van der Waals surface area (Å²) in [7, 11) is 0. The summed E-state index contributed by atoms with van der Waals surface area (Å²) in [6, 6.07) is 1.81. The van der Waals surface area contributed by atoms with Crippen molar-refractivity contribution in [2.75, 3.05) is 23.8 Å². The van der Waals surface area contributed by atoms with Gasteiger partial charge in [0.15, 0.2) is 5.82 Å². The van der Waals surface area contributed by atoms with Crippen LogP contribution < -0.4 is 10.6 Å². The molecule has 2 amide bonds. The number of nitrogens with zero attached hydrogens (tertiary/aromatic N) is 3. The first-order chi connectivity index (χ1) is 13.0. The molecular weight excluding hydrogens is 346 g/mol. The van der Waals surface area contributed by atoms with Crippen LogP contribution in [0.15, 0.2) is 16.8 Å². The quantitative estimate of drug-likeness (QED) is 0.844. The number of amides is 2. The van der Waals surface area contributed by atoms with Crippen molar-refractivity contribution in [2.45, 2.75) is 63.8 Å². The zero-order chi connectivity index (χ0) is 18.9. The minimum Gasteiger partial charge on any atom is -0.381 e. The molecule has 2 N–H and O–H groups in total. The van der Waals surface area contributed by atoms with Crippen LogP contribution in [0.25, 0.3) is 0 Å². The first-order valence-electron chi connectivity index (χ1n) is 9.72. The highest BCUT2D eigenvalue weighted by Crippen LogP contribution is 2.41. The lowest BCUT2D eigenvalue weighted by Gasteiger charge is -2.23. The highest BCUT2D eigenvalue weighted by Gasteiger charge is 2.34. The van der Waals surface area contributed by atoms with E-state index in [0.29, 0.717) is 17.5 Å². The predicted molar refractivity (Wildman–Crippen MR) is 101 cm³/mol. The highest BCUT2D eigenvalue weighted by molar-refractivity contribution is 5.99. The molecule has 8 nitrogen and oxygen atoms in total. The van der Waals surface area contributed by atoms with Crippen molar-refractivity contribution < 1.29 is 14.1 Å². The van der Waals surface area contributed by atoms with E-state index in [1.165, 1.54) is 12.8 Å². The fraction of sp³-hybridized carbons (Fsp3) is 0.632. The molecule has 0 spiro atoms. The number of hydrogen-bond acceptors (Lipinski definition) is 5. The van der Waals surface area contributed by atoms with Crippen molar-refractivity contribution in [1.29, 1.82) is 0 Å². The molecule has 0 radical (unpaired) electrons. The minimum absolute atomic E-state index is 0.0326. The summed E-state index contributed by atoms with van der Waals surface area (Å²) in [6.07, 6.45) is 8.17. The van der Waals surface area contributed by atoms with E-state index in [2.05, 4.69) is 27.8 Å². The van der Waals surface area contributed by atoms with Crippen LogP contribution in [0.2, 0.25) is 0 Å². The number of nitrogens with one attached hydrogen (secondary N) is 2. The Hall–Kier alpha value is -2.35. The molecule has 146 valence electrons. The van der Waals surface area contributed by atoms with Gasteiger partial charge < -0.3 is 14.6 Å². The van der Waals surface area contributed by atoms with E-state index in [9.17, 15) is 4.79 Å². The Balaban J connectivity index is 1.38. The molecule has 1 aliphatic heterocycles. The van der Waals surface area contributed by atoms with Crippen molar-refractivity contribution in [3.63, 3.8) is 0 Å². The fourth-order valence-corrected chi connectivity index (χ4v) is 4.13. The Labute approximate surface area is 158 Å². The van der Waals surface area contributed by atoms with E-state index < -0.39 is 0 Å². The van der Waals surface area contributed by atoms with Gasteiger partial charge in [0.1, 0.15) is 5.76 Å². The van der Waals surface area contributed by atoms with Crippen molar-refractivity contribution >= 4 is 17.5 Å². The van der Waals surface area contributed by atoms with Gasteiger partial charge in [0.25, 0.3) is 0 Å². The smallest absolute Gasteiger partial charge is 0.325 e. The normalized spacial score (nSPS) is 19.9. The number of urea groups is 1. The lowest BCUT2D eigenvalue weighted by molar-refractivity contribution is 0.0657. The molecule has 0 unspecified atom stereocenters. The van der Waals surface area contributed by atoms with Gasteiger partial charge in [0.2, 0.25) is 0 Å². The zero-order valence-corrected chi connectivity index (χ0v) is 16.0. The van der Waals surface area contributed by atoms with E-state index in [-0.39, 0.29) is 11.4 Å². The molecule has 1 saturated carbocycles. The Kier molecular flexibility index (Phi) is 4.90. The number of hydrogen-bond donors (Lipinski definition) is 2. The molecular formula is C19H27N5O3. The van der Waals surface area contributed by atoms with Crippen LogP contribution in [0.3, 0.4) is 0 Å². The lowest BCUT2D eigenvalue weighted by Crippen LogP contribution is -2.22. The highest BCUT2D eigenvalue weighted by atomic mass is 16.5. The van der Waals surface area contributed by atoms with Gasteiger partial charge in [-0.3, -0.25) is 10.00 Å². The SMILES string of the molecule is Cc1c(NC(=O)Nc2cc(C3(C)CCCC3)on2)cnn1C1CCOCC1. The molecule has 8 heteroatoms. The number of carbonyl (C=O) groups excluding carboxylic acids is 1. The van der Waals surface area contributed by atoms with Crippen LogP contribution in [0.1, 0.15) is 62.9 Å². The Morgan fingerprint density at radius 2 is 2.00 bits per heavy atom. The topological polar surface area (TPSA) is 94.2 Å². The summed E-state index contributed by atoms with van der Waals surface area (Å²) in [5, 5.41) is 14.1. The lowest BCUT2D eigenvalue weighted by atomic mass is 9.86. The van der Waals surface area contributed by atoms with Crippen LogP contribution in [0, 0.1) is 6.92 Å². The van der Waals surface area contributed by atoms with Crippen LogP contribution in [0.4, 0.5) is 16.3 Å². The summed E-state index contributed by atoms with van der Waals surface area (Å²) in [5.41, 5.74) is 1.67. The number of aromatic nitrogens is 3. The van der Waals surface area contributed by atoms with E-state index in [1.54, 1.807) is 6.20 Å². The summed E-state index contributed by atoms with van der Waals surface area (Å²) >= 11 is 0. The maximum atomic E-state index is 12.4. The molecule has 1 saturated heterocycles. The molecule has 2 fully saturated rings. The maximum absolute atomic E-state index is 12.4. The average molecular weight is 373 g/mol. The fourth-order valence-electron chi connectivity index (χ4n) is 4.13. The largest absolute Gasteiger partial charge is 0.381 e. The molecule has 0 bridgehead atoms. The summed E-state index contributed by atoms with van der Waals surface area (Å²) in [4.78, 5) is 12.4. The van der Waals surface area contributed by atoms with E-state index >= 15 is 0 Å². The molecule has 2 aliphatic rings.